The van der Waals surface area contributed by atoms with Crippen molar-refractivity contribution in [1.29, 1.82) is 5.41 Å². The first kappa shape index (κ1) is 27.2. The molecule has 11 nitrogen and oxygen atoms in total. The zero-order valence-corrected chi connectivity index (χ0v) is 21.6. The van der Waals surface area contributed by atoms with Crippen molar-refractivity contribution in [2.24, 2.45) is 5.73 Å². The number of oxazole rings is 1. The molecule has 6 N–H and O–H groups in total. The Hall–Kier alpha value is -3.87. The Kier molecular flexibility index (Phi) is 8.35. The number of nitrogens with zero attached hydrogens (tertiary/aromatic N) is 1. The molecule has 0 bridgehead atoms. The van der Waals surface area contributed by atoms with Crippen LogP contribution in [0.15, 0.2) is 71.3 Å². The Morgan fingerprint density at radius 2 is 1.71 bits per heavy atom. The van der Waals surface area contributed by atoms with E-state index in [1.807, 2.05) is 36.4 Å². The van der Waals surface area contributed by atoms with Crippen LogP contribution in [0.4, 0.5) is 0 Å². The molecule has 3 aromatic rings. The summed E-state index contributed by atoms with van der Waals surface area (Å²) in [6.07, 6.45) is 3.56. The number of amidine groups is 1. The van der Waals surface area contributed by atoms with Gasteiger partial charge in [0.05, 0.1) is 18.5 Å². The van der Waals surface area contributed by atoms with Crippen molar-refractivity contribution in [1.82, 2.24) is 20.3 Å². The number of benzene rings is 2. The molecule has 0 spiro atoms. The lowest BCUT2D eigenvalue weighted by atomic mass is 9.84. The topological polar surface area (TPSA) is 180 Å². The van der Waals surface area contributed by atoms with Gasteiger partial charge in [-0.05, 0) is 30.5 Å². The average molecular weight is 539 g/mol. The predicted octanol–water partition coefficient (Wildman–Crippen LogP) is 1.19. The van der Waals surface area contributed by atoms with Gasteiger partial charge < -0.3 is 20.8 Å². The number of ketones is 1. The summed E-state index contributed by atoms with van der Waals surface area (Å²) in [7, 11) is -3.86. The largest absolute Gasteiger partial charge is 0.436 e. The lowest BCUT2D eigenvalue weighted by Crippen LogP contribution is -2.52. The van der Waals surface area contributed by atoms with Gasteiger partial charge in [0.25, 0.3) is 5.89 Å². The molecule has 1 aromatic heterocycles. The van der Waals surface area contributed by atoms with Gasteiger partial charge in [-0.1, -0.05) is 60.7 Å². The summed E-state index contributed by atoms with van der Waals surface area (Å²) in [4.78, 5) is 31.3. The third-order valence-corrected chi connectivity index (χ3v) is 6.97. The zero-order chi connectivity index (χ0) is 27.3. The fraction of sp³-hybridized carbons (Fsp3) is 0.308. The summed E-state index contributed by atoms with van der Waals surface area (Å²) >= 11 is 0. The number of nitrogens with two attached hydrogens (primary N) is 1. The highest BCUT2D eigenvalue weighted by Gasteiger charge is 2.39. The zero-order valence-electron chi connectivity index (χ0n) is 20.8. The van der Waals surface area contributed by atoms with Crippen LogP contribution in [0.25, 0.3) is 0 Å². The molecule has 2 aromatic carbocycles. The molecular weight excluding hydrogens is 508 g/mol. The molecular formula is C26H30N6O5S. The minimum atomic E-state index is -3.86. The van der Waals surface area contributed by atoms with Crippen LogP contribution in [0.3, 0.4) is 0 Å². The van der Waals surface area contributed by atoms with Crippen LogP contribution in [0.1, 0.15) is 47.6 Å². The lowest BCUT2D eigenvalue weighted by Gasteiger charge is -2.29. The Balaban J connectivity index is 1.75. The molecule has 12 heteroatoms. The Labute approximate surface area is 220 Å². The van der Waals surface area contributed by atoms with E-state index in [0.717, 1.165) is 12.7 Å². The number of sulfonamides is 1. The lowest BCUT2D eigenvalue weighted by molar-refractivity contribution is -0.130. The second kappa shape index (κ2) is 11.7. The van der Waals surface area contributed by atoms with Gasteiger partial charge in [-0.25, -0.2) is 18.1 Å². The first-order chi connectivity index (χ1) is 18.1. The van der Waals surface area contributed by atoms with Crippen LogP contribution in [-0.2, 0) is 19.6 Å². The first-order valence-corrected chi connectivity index (χ1v) is 14.0. The molecule has 38 heavy (non-hydrogen) atoms. The molecule has 1 unspecified atom stereocenters. The van der Waals surface area contributed by atoms with E-state index in [-0.39, 0.29) is 17.4 Å². The van der Waals surface area contributed by atoms with Crippen LogP contribution in [0.2, 0.25) is 0 Å². The first-order valence-electron chi connectivity index (χ1n) is 12.1. The van der Waals surface area contributed by atoms with E-state index in [0.29, 0.717) is 24.1 Å². The minimum Gasteiger partial charge on any atom is -0.436 e. The van der Waals surface area contributed by atoms with E-state index in [1.165, 1.54) is 6.20 Å². The van der Waals surface area contributed by atoms with Gasteiger partial charge in [-0.2, -0.15) is 0 Å². The summed E-state index contributed by atoms with van der Waals surface area (Å²) in [5, 5.41) is 13.4. The van der Waals surface area contributed by atoms with Gasteiger partial charge in [-0.3, -0.25) is 15.0 Å². The third-order valence-electron chi connectivity index (χ3n) is 6.29. The molecule has 1 amide bonds. The maximum Gasteiger partial charge on any atom is 0.261 e. The highest BCUT2D eigenvalue weighted by Crippen LogP contribution is 2.30. The maximum absolute atomic E-state index is 13.9. The fourth-order valence-corrected chi connectivity index (χ4v) is 5.29. The van der Waals surface area contributed by atoms with Gasteiger partial charge >= 0.3 is 0 Å². The summed E-state index contributed by atoms with van der Waals surface area (Å²) in [6.45, 7) is 0.647. The molecule has 1 saturated heterocycles. The Bertz CT molecular complexity index is 1350. The van der Waals surface area contributed by atoms with E-state index < -0.39 is 45.8 Å². The fourth-order valence-electron chi connectivity index (χ4n) is 4.59. The number of hydrogen-bond acceptors (Lipinski definition) is 8. The van der Waals surface area contributed by atoms with Crippen molar-refractivity contribution in [3.63, 3.8) is 0 Å². The molecule has 1 aliphatic rings. The van der Waals surface area contributed by atoms with E-state index in [2.05, 4.69) is 20.3 Å². The molecule has 2 heterocycles. The van der Waals surface area contributed by atoms with Crippen LogP contribution in [-0.4, -0.2) is 55.8 Å². The van der Waals surface area contributed by atoms with Crippen molar-refractivity contribution in [3.05, 3.63) is 89.6 Å². The molecule has 3 atom stereocenters. The number of Topliss-reactive ketones (excluding diaryl/α,β-unsaturated/α-hetero) is 1. The summed E-state index contributed by atoms with van der Waals surface area (Å²) in [5.41, 5.74) is 6.88. The molecule has 4 rings (SSSR count). The van der Waals surface area contributed by atoms with E-state index >= 15 is 0 Å². The number of nitrogens with one attached hydrogen (secondary N) is 4. The third kappa shape index (κ3) is 6.52. The van der Waals surface area contributed by atoms with E-state index in [4.69, 9.17) is 15.6 Å². The predicted molar refractivity (Wildman–Crippen MR) is 141 cm³/mol. The second-order valence-electron chi connectivity index (χ2n) is 9.14. The summed E-state index contributed by atoms with van der Waals surface area (Å²) in [6, 6.07) is 15.0. The molecule has 0 saturated carbocycles. The minimum absolute atomic E-state index is 0.00340. The molecule has 1 aliphatic heterocycles. The molecule has 1 fully saturated rings. The van der Waals surface area contributed by atoms with Gasteiger partial charge in [0.2, 0.25) is 15.9 Å². The monoisotopic (exact) mass is 538 g/mol. The highest BCUT2D eigenvalue weighted by atomic mass is 32.2. The normalized spacial score (nSPS) is 17.2. The smallest absolute Gasteiger partial charge is 0.261 e. The van der Waals surface area contributed by atoms with E-state index in [9.17, 15) is 18.0 Å². The second-order valence-corrected chi connectivity index (χ2v) is 10.9. The van der Waals surface area contributed by atoms with Crippen molar-refractivity contribution >= 4 is 27.5 Å². The number of nitrogen functional groups attached to an aromatic ring is 1. The molecule has 200 valence electrons. The quantitative estimate of drug-likeness (QED) is 0.178. The van der Waals surface area contributed by atoms with Crippen molar-refractivity contribution < 1.29 is 22.4 Å². The van der Waals surface area contributed by atoms with Gasteiger partial charge in [-0.15, -0.1) is 0 Å². The van der Waals surface area contributed by atoms with Gasteiger partial charge in [0.1, 0.15) is 12.1 Å². The highest BCUT2D eigenvalue weighted by molar-refractivity contribution is 7.88. The number of amides is 1. The van der Waals surface area contributed by atoms with Crippen LogP contribution in [0, 0.1) is 5.41 Å². The number of hydrogen-bond donors (Lipinski definition) is 5. The standard InChI is InChI=1S/C26H30N6O5S/c1-38(35,36)32-22(20(16-9-4-2-5-10-16)17-11-6-3-7-12-17)25(34)31-21(23(33)18-13-8-14-29-18)19-15-30-26(37-19)24(27)28/h2-7,9-12,15,18,20-22,29,32H,8,13-14H2,1H3,(H3,27,28)(H,31,34)/t18-,21?,22+/m0/s1. The van der Waals surface area contributed by atoms with Crippen molar-refractivity contribution in [2.75, 3.05) is 12.8 Å². The van der Waals surface area contributed by atoms with Gasteiger partial charge in [0, 0.05) is 5.92 Å². The number of rotatable bonds is 11. The Morgan fingerprint density at radius 3 is 2.18 bits per heavy atom. The number of aromatic nitrogens is 1. The van der Waals surface area contributed by atoms with Crippen LogP contribution < -0.4 is 21.1 Å². The van der Waals surface area contributed by atoms with Crippen molar-refractivity contribution in [2.45, 2.75) is 36.9 Å². The van der Waals surface area contributed by atoms with Crippen molar-refractivity contribution in [3.8, 4) is 0 Å². The summed E-state index contributed by atoms with van der Waals surface area (Å²) in [5.74, 6) is -2.44. The Morgan fingerprint density at radius 1 is 1.11 bits per heavy atom. The van der Waals surface area contributed by atoms with Crippen LogP contribution >= 0.6 is 0 Å². The summed E-state index contributed by atoms with van der Waals surface area (Å²) < 4.78 is 32.9. The average Bonchev–Trinajstić information content (AvgIpc) is 3.60. The number of carbonyl (C=O) groups is 2. The SMILES string of the molecule is CS(=O)(=O)N[C@@H](C(=O)NC(C(=O)[C@@H]1CCCN1)c1cnc(C(=N)N)o1)C(c1ccccc1)c1ccccc1. The molecule has 0 radical (unpaired) electrons. The number of carbonyl (C=O) groups excluding carboxylic acids is 2. The molecule has 0 aliphatic carbocycles. The van der Waals surface area contributed by atoms with Gasteiger partial charge in [0.15, 0.2) is 17.4 Å². The maximum atomic E-state index is 13.9. The van der Waals surface area contributed by atoms with Crippen LogP contribution in [0.5, 0.6) is 0 Å². The van der Waals surface area contributed by atoms with E-state index in [1.54, 1.807) is 24.3 Å².